The third kappa shape index (κ3) is 3.30. The summed E-state index contributed by atoms with van der Waals surface area (Å²) in [5.74, 6) is 0.554. The van der Waals surface area contributed by atoms with E-state index < -0.39 is 5.60 Å². The van der Waals surface area contributed by atoms with Crippen LogP contribution < -0.4 is 0 Å². The normalized spacial score (nSPS) is 28.7. The molecule has 4 nitrogen and oxygen atoms in total. The molecule has 0 saturated carbocycles. The lowest BCUT2D eigenvalue weighted by molar-refractivity contribution is 0.0187. The minimum absolute atomic E-state index is 0.170. The Morgan fingerprint density at radius 1 is 1.25 bits per heavy atom. The van der Waals surface area contributed by atoms with E-state index in [0.717, 1.165) is 19.5 Å². The van der Waals surface area contributed by atoms with Crippen molar-refractivity contribution >= 4 is 6.09 Å². The molecule has 2 aliphatic rings. The van der Waals surface area contributed by atoms with E-state index >= 15 is 0 Å². The van der Waals surface area contributed by atoms with Crippen molar-refractivity contribution < 1.29 is 9.53 Å². The molecule has 132 valence electrons. The summed E-state index contributed by atoms with van der Waals surface area (Å²) in [6, 6.07) is 11.7. The average Bonchev–Trinajstić information content (AvgIpc) is 3.06. The molecule has 2 aliphatic heterocycles. The molecule has 0 aromatic heterocycles. The molecular weight excluding hydrogens is 300 g/mol. The summed E-state index contributed by atoms with van der Waals surface area (Å²) in [5, 5.41) is 0. The highest BCUT2D eigenvalue weighted by atomic mass is 16.6. The topological polar surface area (TPSA) is 32.8 Å². The number of ether oxygens (including phenoxy) is 1. The first-order valence-corrected chi connectivity index (χ1v) is 9.08. The van der Waals surface area contributed by atoms with Gasteiger partial charge in [0.25, 0.3) is 0 Å². The molecule has 0 spiro atoms. The van der Waals surface area contributed by atoms with Gasteiger partial charge in [-0.25, -0.2) is 4.79 Å². The number of hydrogen-bond acceptors (Lipinski definition) is 3. The zero-order chi connectivity index (χ0) is 17.5. The number of carbonyl (C=O) groups is 1. The quantitative estimate of drug-likeness (QED) is 0.819. The maximum absolute atomic E-state index is 12.5. The van der Waals surface area contributed by atoms with Crippen molar-refractivity contribution in [2.45, 2.75) is 64.8 Å². The highest BCUT2D eigenvalue weighted by molar-refractivity contribution is 5.69. The summed E-state index contributed by atoms with van der Waals surface area (Å²) in [6.45, 7) is 12.2. The van der Waals surface area contributed by atoms with Gasteiger partial charge in [0.1, 0.15) is 5.60 Å². The number of carbonyl (C=O) groups excluding carboxylic acids is 1. The molecule has 3 rings (SSSR count). The van der Waals surface area contributed by atoms with E-state index in [-0.39, 0.29) is 12.1 Å². The molecule has 0 radical (unpaired) electrons. The molecule has 4 atom stereocenters. The monoisotopic (exact) mass is 330 g/mol. The van der Waals surface area contributed by atoms with E-state index in [2.05, 4.69) is 49.1 Å². The molecule has 1 aromatic carbocycles. The number of benzene rings is 1. The van der Waals surface area contributed by atoms with Crippen LogP contribution in [-0.4, -0.2) is 46.7 Å². The summed E-state index contributed by atoms with van der Waals surface area (Å²) >= 11 is 0. The van der Waals surface area contributed by atoms with Crippen LogP contribution in [0.2, 0.25) is 0 Å². The van der Waals surface area contributed by atoms with Crippen LogP contribution >= 0.6 is 0 Å². The van der Waals surface area contributed by atoms with E-state index in [1.165, 1.54) is 5.56 Å². The maximum Gasteiger partial charge on any atom is 0.410 e. The molecule has 2 fully saturated rings. The second kappa shape index (κ2) is 6.40. The lowest BCUT2D eigenvalue weighted by Gasteiger charge is -2.35. The molecule has 0 aliphatic carbocycles. The van der Waals surface area contributed by atoms with Crippen molar-refractivity contribution in [3.05, 3.63) is 35.9 Å². The first-order valence-electron chi connectivity index (χ1n) is 9.08. The Hall–Kier alpha value is -1.55. The maximum atomic E-state index is 12.5. The third-order valence-electron chi connectivity index (χ3n) is 5.45. The van der Waals surface area contributed by atoms with Crippen molar-refractivity contribution in [3.63, 3.8) is 0 Å². The van der Waals surface area contributed by atoms with E-state index in [1.54, 1.807) is 0 Å². The largest absolute Gasteiger partial charge is 0.444 e. The van der Waals surface area contributed by atoms with Gasteiger partial charge >= 0.3 is 6.09 Å². The van der Waals surface area contributed by atoms with E-state index in [9.17, 15) is 4.79 Å². The van der Waals surface area contributed by atoms with Crippen molar-refractivity contribution in [2.24, 2.45) is 5.92 Å². The highest BCUT2D eigenvalue weighted by Crippen LogP contribution is 2.40. The molecule has 4 heteroatoms. The van der Waals surface area contributed by atoms with Gasteiger partial charge in [-0.3, -0.25) is 4.90 Å². The number of hydrogen-bond donors (Lipinski definition) is 0. The van der Waals surface area contributed by atoms with Gasteiger partial charge in [-0.05, 0) is 59.1 Å². The second-order valence-corrected chi connectivity index (χ2v) is 8.24. The SMILES string of the molecule is CC1[C@@H]2[C@@H](CCN2[C@@H](C)c2ccccc2)CN1C(=O)OC(C)(C)C. The molecule has 0 N–H and O–H groups in total. The van der Waals surface area contributed by atoms with Gasteiger partial charge in [0.05, 0.1) is 0 Å². The second-order valence-electron chi connectivity index (χ2n) is 8.24. The van der Waals surface area contributed by atoms with Gasteiger partial charge in [0.2, 0.25) is 0 Å². The molecule has 24 heavy (non-hydrogen) atoms. The van der Waals surface area contributed by atoms with Crippen LogP contribution in [0.5, 0.6) is 0 Å². The number of rotatable bonds is 2. The van der Waals surface area contributed by atoms with Crippen LogP contribution in [0.25, 0.3) is 0 Å². The lowest BCUT2D eigenvalue weighted by atomic mass is 9.99. The Morgan fingerprint density at radius 3 is 2.54 bits per heavy atom. The molecule has 1 amide bonds. The summed E-state index contributed by atoms with van der Waals surface area (Å²) in [7, 11) is 0. The van der Waals surface area contributed by atoms with Gasteiger partial charge < -0.3 is 9.64 Å². The Balaban J connectivity index is 1.73. The summed E-state index contributed by atoms with van der Waals surface area (Å²) < 4.78 is 5.61. The average molecular weight is 330 g/mol. The van der Waals surface area contributed by atoms with Gasteiger partial charge in [-0.15, -0.1) is 0 Å². The number of amides is 1. The Morgan fingerprint density at radius 2 is 1.92 bits per heavy atom. The first kappa shape index (κ1) is 17.3. The van der Waals surface area contributed by atoms with Gasteiger partial charge in [-0.2, -0.15) is 0 Å². The molecular formula is C20H30N2O2. The third-order valence-corrected chi connectivity index (χ3v) is 5.45. The van der Waals surface area contributed by atoms with E-state index in [4.69, 9.17) is 4.74 Å². The highest BCUT2D eigenvalue weighted by Gasteiger charge is 2.49. The van der Waals surface area contributed by atoms with Crippen LogP contribution in [0.15, 0.2) is 30.3 Å². The van der Waals surface area contributed by atoms with Gasteiger partial charge in [0.15, 0.2) is 0 Å². The number of nitrogens with zero attached hydrogens (tertiary/aromatic N) is 2. The Bertz CT molecular complexity index is 581. The molecule has 2 heterocycles. The zero-order valence-corrected chi connectivity index (χ0v) is 15.5. The first-order chi connectivity index (χ1) is 11.3. The van der Waals surface area contributed by atoms with Crippen LogP contribution in [-0.2, 0) is 4.74 Å². The molecule has 2 saturated heterocycles. The lowest BCUT2D eigenvalue weighted by Crippen LogP contribution is -2.46. The van der Waals surface area contributed by atoms with Crippen molar-refractivity contribution in [1.29, 1.82) is 0 Å². The minimum atomic E-state index is -0.439. The van der Waals surface area contributed by atoms with E-state index in [0.29, 0.717) is 18.0 Å². The summed E-state index contributed by atoms with van der Waals surface area (Å²) in [5.41, 5.74) is 0.909. The van der Waals surface area contributed by atoms with E-state index in [1.807, 2.05) is 25.7 Å². The van der Waals surface area contributed by atoms with Crippen molar-refractivity contribution in [1.82, 2.24) is 9.80 Å². The molecule has 1 aromatic rings. The van der Waals surface area contributed by atoms with Crippen LogP contribution in [0, 0.1) is 5.92 Å². The summed E-state index contributed by atoms with van der Waals surface area (Å²) in [6.07, 6.45) is 0.989. The Labute approximate surface area is 145 Å². The van der Waals surface area contributed by atoms with Gasteiger partial charge in [-0.1, -0.05) is 30.3 Å². The standard InChI is InChI=1S/C20H30N2O2/c1-14(16-9-7-6-8-10-16)21-12-11-17-13-22(15(2)18(17)21)19(23)24-20(3,4)5/h6-10,14-15,17-18H,11-13H2,1-5H3/t14-,15?,17-,18+/m0/s1. The fraction of sp³-hybridized carbons (Fsp3) is 0.650. The Kier molecular flexibility index (Phi) is 4.60. The van der Waals surface area contributed by atoms with Crippen molar-refractivity contribution in [2.75, 3.05) is 13.1 Å². The van der Waals surface area contributed by atoms with Gasteiger partial charge in [0, 0.05) is 24.7 Å². The predicted octanol–water partition coefficient (Wildman–Crippen LogP) is 4.08. The predicted molar refractivity (Wildman–Crippen MR) is 95.9 cm³/mol. The summed E-state index contributed by atoms with van der Waals surface area (Å²) in [4.78, 5) is 17.0. The van der Waals surface area contributed by atoms with Crippen LogP contribution in [0.4, 0.5) is 4.79 Å². The molecule has 0 bridgehead atoms. The number of fused-ring (bicyclic) bond motifs is 1. The van der Waals surface area contributed by atoms with Crippen molar-refractivity contribution in [3.8, 4) is 0 Å². The minimum Gasteiger partial charge on any atom is -0.444 e. The van der Waals surface area contributed by atoms with Crippen LogP contribution in [0.3, 0.4) is 0 Å². The fourth-order valence-corrected chi connectivity index (χ4v) is 4.32. The zero-order valence-electron chi connectivity index (χ0n) is 15.5. The van der Waals surface area contributed by atoms with Crippen LogP contribution in [0.1, 0.15) is 52.6 Å². The fourth-order valence-electron chi connectivity index (χ4n) is 4.32. The number of likely N-dealkylation sites (tertiary alicyclic amines) is 2. The smallest absolute Gasteiger partial charge is 0.410 e. The molecule has 1 unspecified atom stereocenters.